The Bertz CT molecular complexity index is 556. The van der Waals surface area contributed by atoms with Crippen molar-refractivity contribution in [2.45, 2.75) is 11.7 Å². The van der Waals surface area contributed by atoms with Crippen LogP contribution in [0, 0.1) is 0 Å². The van der Waals surface area contributed by atoms with Gasteiger partial charge in [0.15, 0.2) is 5.17 Å². The molecule has 2 rings (SSSR count). The van der Waals surface area contributed by atoms with Crippen molar-refractivity contribution in [1.29, 1.82) is 0 Å². The molecule has 1 saturated heterocycles. The lowest BCUT2D eigenvalue weighted by molar-refractivity contribution is -0.304. The molecule has 0 aliphatic carbocycles. The highest BCUT2D eigenvalue weighted by Gasteiger charge is 2.30. The minimum Gasteiger partial charge on any atom is -0.549 e. The lowest BCUT2D eigenvalue weighted by atomic mass is 10.3. The topological polar surface area (TPSA) is 82.0 Å². The second kappa shape index (κ2) is 5.96. The van der Waals surface area contributed by atoms with E-state index in [4.69, 9.17) is 4.74 Å². The first-order valence-electron chi connectivity index (χ1n) is 5.88. The third-order valence-corrected chi connectivity index (χ3v) is 4.05. The van der Waals surface area contributed by atoms with Gasteiger partial charge in [0, 0.05) is 13.5 Å². The number of hydrogen-bond donors (Lipinski definition) is 0. The van der Waals surface area contributed by atoms with Crippen LogP contribution < -0.4 is 9.84 Å². The van der Waals surface area contributed by atoms with Gasteiger partial charge in [0.1, 0.15) is 5.75 Å². The molecule has 6 nitrogen and oxygen atoms in total. The first kappa shape index (κ1) is 14.4. The number of rotatable bonds is 3. The number of hydrogen-bond acceptors (Lipinski definition) is 6. The number of nitrogens with zero attached hydrogens (tertiary/aromatic N) is 2. The van der Waals surface area contributed by atoms with Gasteiger partial charge in [-0.25, -0.2) is 4.99 Å². The highest BCUT2D eigenvalue weighted by Crippen LogP contribution is 2.28. The minimum absolute atomic E-state index is 0.0782. The molecular formula is C13H13N2O4S-. The maximum absolute atomic E-state index is 11.7. The smallest absolute Gasteiger partial charge is 0.229 e. The number of ether oxygens (including phenoxy) is 1. The highest BCUT2D eigenvalue weighted by molar-refractivity contribution is 8.15. The highest BCUT2D eigenvalue weighted by atomic mass is 32.2. The molecule has 0 N–H and O–H groups in total. The van der Waals surface area contributed by atoms with Gasteiger partial charge >= 0.3 is 0 Å². The predicted molar refractivity (Wildman–Crippen MR) is 73.9 cm³/mol. The summed E-state index contributed by atoms with van der Waals surface area (Å²) in [5.74, 6) is -0.841. The lowest BCUT2D eigenvalue weighted by Crippen LogP contribution is -2.45. The van der Waals surface area contributed by atoms with Gasteiger partial charge in [-0.2, -0.15) is 0 Å². The summed E-state index contributed by atoms with van der Waals surface area (Å²) in [4.78, 5) is 28.3. The summed E-state index contributed by atoms with van der Waals surface area (Å²) in [6.45, 7) is 0. The number of benzene rings is 1. The van der Waals surface area contributed by atoms with Crippen molar-refractivity contribution in [2.75, 3.05) is 14.2 Å². The molecular weight excluding hydrogens is 280 g/mol. The average molecular weight is 293 g/mol. The number of amides is 1. The first-order chi connectivity index (χ1) is 9.51. The summed E-state index contributed by atoms with van der Waals surface area (Å²) in [7, 11) is 3.14. The summed E-state index contributed by atoms with van der Waals surface area (Å²) in [6.07, 6.45) is -0.0782. The number of carbonyl (C=O) groups excluding carboxylic acids is 2. The van der Waals surface area contributed by atoms with Crippen molar-refractivity contribution in [1.82, 2.24) is 4.90 Å². The Morgan fingerprint density at radius 1 is 1.45 bits per heavy atom. The zero-order valence-electron chi connectivity index (χ0n) is 11.0. The fourth-order valence-corrected chi connectivity index (χ4v) is 2.64. The number of amidine groups is 1. The van der Waals surface area contributed by atoms with Gasteiger partial charge in [-0.15, -0.1) is 0 Å². The van der Waals surface area contributed by atoms with Gasteiger partial charge < -0.3 is 14.6 Å². The summed E-state index contributed by atoms with van der Waals surface area (Å²) < 4.78 is 5.04. The van der Waals surface area contributed by atoms with Gasteiger partial charge in [-0.05, 0) is 24.3 Å². The summed E-state index contributed by atoms with van der Waals surface area (Å²) in [5.41, 5.74) is 0.618. The van der Waals surface area contributed by atoms with Gasteiger partial charge in [-0.1, -0.05) is 11.8 Å². The van der Waals surface area contributed by atoms with E-state index in [1.165, 1.54) is 4.90 Å². The van der Waals surface area contributed by atoms with Crippen LogP contribution in [0.2, 0.25) is 0 Å². The van der Waals surface area contributed by atoms with Crippen molar-refractivity contribution in [3.63, 3.8) is 0 Å². The molecule has 1 heterocycles. The Kier molecular flexibility index (Phi) is 4.29. The van der Waals surface area contributed by atoms with Crippen LogP contribution in [0.4, 0.5) is 5.69 Å². The van der Waals surface area contributed by atoms with E-state index in [1.54, 1.807) is 38.4 Å². The molecule has 0 aromatic heterocycles. The number of aliphatic carboxylic acids is 1. The molecule has 0 saturated carbocycles. The van der Waals surface area contributed by atoms with Crippen LogP contribution in [0.15, 0.2) is 29.3 Å². The molecule has 1 aliphatic rings. The quantitative estimate of drug-likeness (QED) is 0.805. The molecule has 0 spiro atoms. The van der Waals surface area contributed by atoms with Gasteiger partial charge in [0.05, 0.1) is 24.0 Å². The molecule has 1 aromatic carbocycles. The Morgan fingerprint density at radius 2 is 2.10 bits per heavy atom. The van der Waals surface area contributed by atoms with E-state index in [2.05, 4.69) is 4.99 Å². The Balaban J connectivity index is 2.25. The largest absolute Gasteiger partial charge is 0.549 e. The Hall–Kier alpha value is -2.02. The third kappa shape index (κ3) is 3.11. The molecule has 106 valence electrons. The van der Waals surface area contributed by atoms with Crippen LogP contribution in [0.1, 0.15) is 6.42 Å². The number of carboxylic acid groups (broad SMARTS) is 1. The van der Waals surface area contributed by atoms with E-state index >= 15 is 0 Å². The van der Waals surface area contributed by atoms with E-state index < -0.39 is 11.2 Å². The number of methoxy groups -OCH3 is 1. The van der Waals surface area contributed by atoms with E-state index in [1.807, 2.05) is 0 Å². The molecule has 0 bridgehead atoms. The zero-order valence-corrected chi connectivity index (χ0v) is 11.8. The molecule has 0 radical (unpaired) electrons. The normalized spacial score (nSPS) is 21.1. The molecule has 1 atom stereocenters. The molecule has 1 unspecified atom stereocenters. The fourth-order valence-electron chi connectivity index (χ4n) is 1.65. The van der Waals surface area contributed by atoms with Gasteiger partial charge in [-0.3, -0.25) is 9.69 Å². The molecule has 1 amide bonds. The third-order valence-electron chi connectivity index (χ3n) is 2.83. The van der Waals surface area contributed by atoms with Crippen molar-refractivity contribution in [3.8, 4) is 5.75 Å². The van der Waals surface area contributed by atoms with Crippen LogP contribution >= 0.6 is 11.8 Å². The zero-order chi connectivity index (χ0) is 14.7. The van der Waals surface area contributed by atoms with Crippen molar-refractivity contribution in [3.05, 3.63) is 24.3 Å². The Morgan fingerprint density at radius 3 is 2.65 bits per heavy atom. The Labute approximate surface area is 120 Å². The summed E-state index contributed by atoms with van der Waals surface area (Å²) in [5, 5.41) is 10.4. The predicted octanol–water partition coefficient (Wildman–Crippen LogP) is 0.396. The lowest BCUT2D eigenvalue weighted by Gasteiger charge is -2.29. The van der Waals surface area contributed by atoms with Crippen molar-refractivity contribution < 1.29 is 19.4 Å². The monoisotopic (exact) mass is 293 g/mol. The van der Waals surface area contributed by atoms with E-state index in [9.17, 15) is 14.7 Å². The van der Waals surface area contributed by atoms with Crippen LogP contribution in [0.5, 0.6) is 5.75 Å². The molecule has 1 aliphatic heterocycles. The standard InChI is InChI=1S/C13H14N2O4S/c1-15-11(16)7-10(12(17)18)20-13(15)14-8-3-5-9(19-2)6-4-8/h3-6,10H,7H2,1-2H3,(H,17,18)/p-1. The maximum Gasteiger partial charge on any atom is 0.229 e. The van der Waals surface area contributed by atoms with Crippen LogP contribution in [0.3, 0.4) is 0 Å². The van der Waals surface area contributed by atoms with E-state index in [-0.39, 0.29) is 12.3 Å². The minimum atomic E-state index is -1.25. The number of aliphatic imine (C=N–C) groups is 1. The molecule has 1 fully saturated rings. The number of carbonyl (C=O) groups is 2. The second-order valence-corrected chi connectivity index (χ2v) is 5.34. The van der Waals surface area contributed by atoms with Gasteiger partial charge in [0.25, 0.3) is 0 Å². The number of carboxylic acids is 1. The first-order valence-corrected chi connectivity index (χ1v) is 6.76. The maximum atomic E-state index is 11.7. The van der Waals surface area contributed by atoms with Crippen molar-refractivity contribution in [2.24, 2.45) is 4.99 Å². The summed E-state index contributed by atoms with van der Waals surface area (Å²) in [6, 6.07) is 6.94. The fraction of sp³-hybridized carbons (Fsp3) is 0.308. The molecule has 7 heteroatoms. The van der Waals surface area contributed by atoms with Crippen LogP contribution in [-0.2, 0) is 9.59 Å². The van der Waals surface area contributed by atoms with E-state index in [0.717, 1.165) is 11.8 Å². The van der Waals surface area contributed by atoms with E-state index in [0.29, 0.717) is 16.6 Å². The molecule has 1 aromatic rings. The average Bonchev–Trinajstić information content (AvgIpc) is 2.44. The van der Waals surface area contributed by atoms with Gasteiger partial charge in [0.2, 0.25) is 5.91 Å². The van der Waals surface area contributed by atoms with Crippen LogP contribution in [0.25, 0.3) is 0 Å². The summed E-state index contributed by atoms with van der Waals surface area (Å²) >= 11 is 1.02. The van der Waals surface area contributed by atoms with Crippen LogP contribution in [-0.4, -0.2) is 41.4 Å². The second-order valence-electron chi connectivity index (χ2n) is 4.17. The number of thioether (sulfide) groups is 1. The van der Waals surface area contributed by atoms with Crippen molar-refractivity contribution >= 4 is 34.5 Å². The molecule has 20 heavy (non-hydrogen) atoms. The SMILES string of the molecule is COc1ccc(N=C2SC(C(=O)[O-])CC(=O)N2C)cc1.